The van der Waals surface area contributed by atoms with Gasteiger partial charge in [0.1, 0.15) is 0 Å². The van der Waals surface area contributed by atoms with E-state index >= 15 is 0 Å². The van der Waals surface area contributed by atoms with E-state index in [1.807, 2.05) is 17.9 Å². The lowest BCUT2D eigenvalue weighted by atomic mass is 9.97. The maximum Gasteiger partial charge on any atom is 0.0492 e. The molecular weight excluding hydrogens is 246 g/mol. The van der Waals surface area contributed by atoms with Gasteiger partial charge in [0.25, 0.3) is 0 Å². The summed E-state index contributed by atoms with van der Waals surface area (Å²) >= 11 is 0. The highest BCUT2D eigenvalue weighted by atomic mass is 15.2. The molecule has 1 aromatic carbocycles. The van der Waals surface area contributed by atoms with Gasteiger partial charge in [-0.05, 0) is 61.9 Å². The second kappa shape index (κ2) is 5.80. The molecule has 0 amide bonds. The first-order chi connectivity index (χ1) is 9.78. The third kappa shape index (κ3) is 2.63. The van der Waals surface area contributed by atoms with E-state index in [-0.39, 0.29) is 0 Å². The third-order valence-electron chi connectivity index (χ3n) is 4.48. The highest BCUT2D eigenvalue weighted by Gasteiger charge is 2.15. The molecular formula is C17H23N3. The zero-order chi connectivity index (χ0) is 13.9. The van der Waals surface area contributed by atoms with Crippen molar-refractivity contribution < 1.29 is 0 Å². The van der Waals surface area contributed by atoms with E-state index < -0.39 is 0 Å². The highest BCUT2D eigenvalue weighted by molar-refractivity contribution is 5.36. The molecule has 3 rings (SSSR count). The van der Waals surface area contributed by atoms with Crippen molar-refractivity contribution in [1.82, 2.24) is 15.1 Å². The van der Waals surface area contributed by atoms with E-state index in [9.17, 15) is 0 Å². The maximum absolute atomic E-state index is 4.24. The van der Waals surface area contributed by atoms with Gasteiger partial charge >= 0.3 is 0 Å². The van der Waals surface area contributed by atoms with Crippen molar-refractivity contribution in [2.24, 2.45) is 7.05 Å². The van der Waals surface area contributed by atoms with Crippen LogP contribution < -0.4 is 5.32 Å². The molecule has 2 aromatic rings. The van der Waals surface area contributed by atoms with Crippen LogP contribution in [0.5, 0.6) is 0 Å². The first-order valence-electron chi connectivity index (χ1n) is 7.54. The van der Waals surface area contributed by atoms with Gasteiger partial charge in [0.2, 0.25) is 0 Å². The zero-order valence-corrected chi connectivity index (χ0v) is 12.4. The van der Waals surface area contributed by atoms with Crippen molar-refractivity contribution in [3.63, 3.8) is 0 Å². The summed E-state index contributed by atoms with van der Waals surface area (Å²) in [5.74, 6) is 0. The largest absolute Gasteiger partial charge is 0.313 e. The minimum Gasteiger partial charge on any atom is -0.313 e. The first-order valence-corrected chi connectivity index (χ1v) is 7.54. The summed E-state index contributed by atoms with van der Waals surface area (Å²) in [5, 5.41) is 7.70. The van der Waals surface area contributed by atoms with Crippen LogP contribution in [0.1, 0.15) is 41.3 Å². The topological polar surface area (TPSA) is 29.9 Å². The Balaban J connectivity index is 1.71. The van der Waals surface area contributed by atoms with E-state index in [4.69, 9.17) is 0 Å². The number of rotatable bonds is 5. The molecule has 20 heavy (non-hydrogen) atoms. The van der Waals surface area contributed by atoms with Crippen molar-refractivity contribution in [3.8, 4) is 0 Å². The van der Waals surface area contributed by atoms with E-state index in [1.54, 1.807) is 11.1 Å². The lowest BCUT2D eigenvalue weighted by Crippen LogP contribution is -2.18. The summed E-state index contributed by atoms with van der Waals surface area (Å²) in [5.41, 5.74) is 5.83. The Morgan fingerprint density at radius 2 is 2.10 bits per heavy atom. The van der Waals surface area contributed by atoms with Gasteiger partial charge in [-0.2, -0.15) is 5.10 Å². The van der Waals surface area contributed by atoms with Crippen molar-refractivity contribution in [2.75, 3.05) is 7.05 Å². The average Bonchev–Trinajstić information content (AvgIpc) is 3.08. The minimum absolute atomic E-state index is 0.427. The zero-order valence-electron chi connectivity index (χ0n) is 12.4. The monoisotopic (exact) mass is 269 g/mol. The SMILES string of the molecule is CNC(CCc1ccnn1C)c1ccc2c(c1)CCC2. The van der Waals surface area contributed by atoms with Crippen molar-refractivity contribution in [2.45, 2.75) is 38.1 Å². The van der Waals surface area contributed by atoms with Crippen LogP contribution in [0.2, 0.25) is 0 Å². The first kappa shape index (κ1) is 13.4. The number of hydrogen-bond acceptors (Lipinski definition) is 2. The van der Waals surface area contributed by atoms with Crippen LogP contribution in [0, 0.1) is 0 Å². The Hall–Kier alpha value is -1.61. The Morgan fingerprint density at radius 3 is 2.85 bits per heavy atom. The van der Waals surface area contributed by atoms with Gasteiger partial charge in [0, 0.05) is 25.0 Å². The van der Waals surface area contributed by atoms with Crippen LogP contribution in [0.25, 0.3) is 0 Å². The van der Waals surface area contributed by atoms with Crippen LogP contribution in [0.4, 0.5) is 0 Å². The number of hydrogen-bond donors (Lipinski definition) is 1. The van der Waals surface area contributed by atoms with Gasteiger partial charge in [-0.15, -0.1) is 0 Å². The van der Waals surface area contributed by atoms with Crippen LogP contribution in [-0.4, -0.2) is 16.8 Å². The predicted octanol–water partition coefficient (Wildman–Crippen LogP) is 2.80. The second-order valence-corrected chi connectivity index (χ2v) is 5.71. The molecule has 1 atom stereocenters. The molecule has 0 saturated heterocycles. The van der Waals surface area contributed by atoms with Crippen molar-refractivity contribution in [1.29, 1.82) is 0 Å². The Kier molecular flexibility index (Phi) is 3.88. The van der Waals surface area contributed by atoms with Crippen molar-refractivity contribution >= 4 is 0 Å². The number of aromatic nitrogens is 2. The highest BCUT2D eigenvalue weighted by Crippen LogP contribution is 2.27. The molecule has 0 radical (unpaired) electrons. The van der Waals surface area contributed by atoms with E-state index in [0.29, 0.717) is 6.04 Å². The molecule has 1 aromatic heterocycles. The normalized spacial score (nSPS) is 15.3. The van der Waals surface area contributed by atoms with Gasteiger partial charge < -0.3 is 5.32 Å². The van der Waals surface area contributed by atoms with Gasteiger partial charge in [0.15, 0.2) is 0 Å². The maximum atomic E-state index is 4.24. The van der Waals surface area contributed by atoms with E-state index in [2.05, 4.69) is 41.7 Å². The Morgan fingerprint density at radius 1 is 1.25 bits per heavy atom. The average molecular weight is 269 g/mol. The number of nitrogens with one attached hydrogen (secondary N) is 1. The van der Waals surface area contributed by atoms with Crippen LogP contribution in [0.15, 0.2) is 30.5 Å². The molecule has 0 fully saturated rings. The number of nitrogens with zero attached hydrogens (tertiary/aromatic N) is 2. The fourth-order valence-corrected chi connectivity index (χ4v) is 3.22. The standard InChI is InChI=1S/C17H23N3/c1-18-17(9-8-16-10-11-19-20(16)2)15-7-6-13-4-3-5-14(13)12-15/h6-7,10-12,17-18H,3-5,8-9H2,1-2H3. The van der Waals surface area contributed by atoms with Crippen molar-refractivity contribution in [3.05, 3.63) is 52.8 Å². The van der Waals surface area contributed by atoms with Gasteiger partial charge in [-0.1, -0.05) is 18.2 Å². The van der Waals surface area contributed by atoms with E-state index in [0.717, 1.165) is 12.8 Å². The molecule has 1 unspecified atom stereocenters. The molecule has 1 N–H and O–H groups in total. The Bertz CT molecular complexity index is 586. The molecule has 1 heterocycles. The predicted molar refractivity (Wildman–Crippen MR) is 81.8 cm³/mol. The quantitative estimate of drug-likeness (QED) is 0.904. The van der Waals surface area contributed by atoms with Gasteiger partial charge in [-0.25, -0.2) is 0 Å². The minimum atomic E-state index is 0.427. The molecule has 0 bridgehead atoms. The number of fused-ring (bicyclic) bond motifs is 1. The second-order valence-electron chi connectivity index (χ2n) is 5.71. The van der Waals surface area contributed by atoms with Gasteiger partial charge in [0.05, 0.1) is 0 Å². The van der Waals surface area contributed by atoms with Crippen LogP contribution >= 0.6 is 0 Å². The molecule has 1 aliphatic rings. The van der Waals surface area contributed by atoms with Gasteiger partial charge in [-0.3, -0.25) is 4.68 Å². The summed E-state index contributed by atoms with van der Waals surface area (Å²) in [6.45, 7) is 0. The molecule has 3 nitrogen and oxygen atoms in total. The summed E-state index contributed by atoms with van der Waals surface area (Å²) in [6.07, 6.45) is 7.86. The lowest BCUT2D eigenvalue weighted by molar-refractivity contribution is 0.535. The smallest absolute Gasteiger partial charge is 0.0492 e. The van der Waals surface area contributed by atoms with Crippen LogP contribution in [-0.2, 0) is 26.3 Å². The van der Waals surface area contributed by atoms with E-state index in [1.165, 1.54) is 30.5 Å². The summed E-state index contributed by atoms with van der Waals surface area (Å²) < 4.78 is 1.97. The number of aryl methyl sites for hydroxylation is 4. The Labute approximate surface area is 121 Å². The summed E-state index contributed by atoms with van der Waals surface area (Å²) in [4.78, 5) is 0. The molecule has 1 aliphatic carbocycles. The molecule has 3 heteroatoms. The number of benzene rings is 1. The van der Waals surface area contributed by atoms with Crippen LogP contribution in [0.3, 0.4) is 0 Å². The molecule has 106 valence electrons. The molecule has 0 saturated carbocycles. The molecule has 0 spiro atoms. The third-order valence-corrected chi connectivity index (χ3v) is 4.48. The molecule has 0 aliphatic heterocycles. The summed E-state index contributed by atoms with van der Waals surface area (Å²) in [6, 6.07) is 9.57. The lowest BCUT2D eigenvalue weighted by Gasteiger charge is -2.18. The fourth-order valence-electron chi connectivity index (χ4n) is 3.22. The fraction of sp³-hybridized carbons (Fsp3) is 0.471. The summed E-state index contributed by atoms with van der Waals surface area (Å²) in [7, 11) is 4.07.